The molecule has 2 atom stereocenters. The van der Waals surface area contributed by atoms with Crippen LogP contribution < -0.4 is 25.6 Å². The molecule has 0 spiro atoms. The number of hydrogen-bond acceptors (Lipinski definition) is 5. The van der Waals surface area contributed by atoms with Crippen molar-refractivity contribution in [3.63, 3.8) is 0 Å². The van der Waals surface area contributed by atoms with E-state index in [4.69, 9.17) is 9.47 Å². The second-order valence-corrected chi connectivity index (χ2v) is 7.04. The van der Waals surface area contributed by atoms with Crippen LogP contribution >= 0.6 is 0 Å². The van der Waals surface area contributed by atoms with Crippen molar-refractivity contribution in [2.45, 2.75) is 32.1 Å². The van der Waals surface area contributed by atoms with Gasteiger partial charge in [-0.1, -0.05) is 6.07 Å². The summed E-state index contributed by atoms with van der Waals surface area (Å²) in [7, 11) is 3.30. The number of fused-ring (bicyclic) bond motifs is 1. The van der Waals surface area contributed by atoms with Gasteiger partial charge in [0.1, 0.15) is 11.5 Å². The summed E-state index contributed by atoms with van der Waals surface area (Å²) in [4.78, 5) is 12.5. The molecule has 2 heterocycles. The Morgan fingerprint density at radius 3 is 2.62 bits per heavy atom. The summed E-state index contributed by atoms with van der Waals surface area (Å²) < 4.78 is 13.0. The highest BCUT2D eigenvalue weighted by molar-refractivity contribution is 5.94. The highest BCUT2D eigenvalue weighted by Gasteiger charge is 2.29. The lowest BCUT2D eigenvalue weighted by Gasteiger charge is -2.14. The number of nitrogens with one attached hydrogen (secondary N) is 3. The van der Waals surface area contributed by atoms with Gasteiger partial charge < -0.3 is 19.4 Å². The monoisotopic (exact) mass is 394 g/mol. The number of aryl methyl sites for hydroxylation is 1. The van der Waals surface area contributed by atoms with E-state index in [0.29, 0.717) is 5.56 Å². The molecule has 4 rings (SSSR count). The first-order valence-corrected chi connectivity index (χ1v) is 9.76. The van der Waals surface area contributed by atoms with Crippen LogP contribution in [-0.2, 0) is 6.54 Å². The van der Waals surface area contributed by atoms with Crippen molar-refractivity contribution in [3.05, 3.63) is 59.8 Å². The molecule has 0 bridgehead atoms. The number of carbonyl (C=O) groups is 1. The smallest absolute Gasteiger partial charge is 0.252 e. The minimum absolute atomic E-state index is 0.0771. The first kappa shape index (κ1) is 19.3. The third-order valence-electron chi connectivity index (χ3n) is 5.39. The molecule has 0 saturated carbocycles. The van der Waals surface area contributed by atoms with E-state index in [1.165, 1.54) is 5.69 Å². The molecule has 2 aromatic carbocycles. The molecule has 1 saturated heterocycles. The average molecular weight is 394 g/mol. The molecule has 2 unspecified atom stereocenters. The van der Waals surface area contributed by atoms with Gasteiger partial charge in [-0.3, -0.25) is 4.79 Å². The lowest BCUT2D eigenvalue weighted by Crippen LogP contribution is -2.44. The van der Waals surface area contributed by atoms with E-state index in [1.54, 1.807) is 38.5 Å². The van der Waals surface area contributed by atoms with E-state index in [2.05, 4.69) is 39.8 Å². The van der Waals surface area contributed by atoms with Crippen LogP contribution in [0.5, 0.6) is 11.5 Å². The molecule has 0 radical (unpaired) electrons. The number of rotatable bonds is 6. The maximum Gasteiger partial charge on any atom is 0.252 e. The van der Waals surface area contributed by atoms with Crippen molar-refractivity contribution in [2.75, 3.05) is 14.2 Å². The van der Waals surface area contributed by atoms with Gasteiger partial charge in [0.05, 0.1) is 31.9 Å². The predicted octanol–water partition coefficient (Wildman–Crippen LogP) is 2.97. The van der Waals surface area contributed by atoms with E-state index in [-0.39, 0.29) is 18.1 Å². The summed E-state index contributed by atoms with van der Waals surface area (Å²) in [5.74, 6) is 1.47. The van der Waals surface area contributed by atoms with Crippen molar-refractivity contribution in [2.24, 2.45) is 0 Å². The molecule has 29 heavy (non-hydrogen) atoms. The predicted molar refractivity (Wildman–Crippen MR) is 112 cm³/mol. The highest BCUT2D eigenvalue weighted by atomic mass is 16.5. The normalized spacial score (nSPS) is 18.7. The topological polar surface area (TPSA) is 76.6 Å². The van der Waals surface area contributed by atoms with E-state index in [0.717, 1.165) is 35.4 Å². The zero-order valence-corrected chi connectivity index (χ0v) is 16.9. The maximum absolute atomic E-state index is 12.5. The molecule has 7 nitrogen and oxygen atoms in total. The van der Waals surface area contributed by atoms with Crippen LogP contribution in [0.15, 0.2) is 48.5 Å². The quantitative estimate of drug-likeness (QED) is 0.599. The summed E-state index contributed by atoms with van der Waals surface area (Å²) in [5, 5.41) is 4.14. The molecule has 1 aromatic heterocycles. The maximum atomic E-state index is 12.5. The van der Waals surface area contributed by atoms with E-state index < -0.39 is 0 Å². The van der Waals surface area contributed by atoms with Crippen LogP contribution in [0.1, 0.15) is 35.4 Å². The number of hydrazine groups is 1. The van der Waals surface area contributed by atoms with Gasteiger partial charge in [-0.25, -0.2) is 10.9 Å². The Labute approximate surface area is 170 Å². The number of benzene rings is 2. The Bertz CT molecular complexity index is 1010. The summed E-state index contributed by atoms with van der Waals surface area (Å²) in [6, 6.07) is 15.4. The van der Waals surface area contributed by atoms with Crippen molar-refractivity contribution < 1.29 is 14.3 Å². The number of hydrogen-bond donors (Lipinski definition) is 3. The zero-order chi connectivity index (χ0) is 20.4. The van der Waals surface area contributed by atoms with Gasteiger partial charge >= 0.3 is 0 Å². The molecule has 152 valence electrons. The Morgan fingerprint density at radius 2 is 1.93 bits per heavy atom. The standard InChI is InChI=1S/C22H26N4O3/c1-4-26-18-6-5-7-20(29-3)16(18)12-19(26)17-13-21(25-24-17)23-22(27)14-8-10-15(28-2)11-9-14/h5-12,17,21,24-25H,4,13H2,1-3H3,(H,23,27). The summed E-state index contributed by atoms with van der Waals surface area (Å²) in [6.45, 7) is 2.99. The summed E-state index contributed by atoms with van der Waals surface area (Å²) in [5.41, 5.74) is 9.44. The zero-order valence-electron chi connectivity index (χ0n) is 16.9. The number of aromatic nitrogens is 1. The third kappa shape index (κ3) is 3.66. The van der Waals surface area contributed by atoms with E-state index >= 15 is 0 Å². The van der Waals surface area contributed by atoms with Gasteiger partial charge in [-0.15, -0.1) is 0 Å². The number of ether oxygens (including phenoxy) is 2. The molecule has 1 fully saturated rings. The largest absolute Gasteiger partial charge is 0.497 e. The summed E-state index contributed by atoms with van der Waals surface area (Å²) in [6.07, 6.45) is 0.570. The molecule has 7 heteroatoms. The Hall–Kier alpha value is -3.03. The number of carbonyl (C=O) groups excluding carboxylic acids is 1. The van der Waals surface area contributed by atoms with Gasteiger partial charge in [-0.05, 0) is 49.4 Å². The van der Waals surface area contributed by atoms with Gasteiger partial charge in [0.25, 0.3) is 5.91 Å². The second kappa shape index (κ2) is 8.14. The fourth-order valence-electron chi connectivity index (χ4n) is 3.93. The van der Waals surface area contributed by atoms with Crippen LogP contribution in [0.3, 0.4) is 0 Å². The van der Waals surface area contributed by atoms with Crippen LogP contribution in [0.2, 0.25) is 0 Å². The molecule has 1 aliphatic rings. The van der Waals surface area contributed by atoms with E-state index in [9.17, 15) is 4.79 Å². The first-order chi connectivity index (χ1) is 14.1. The second-order valence-electron chi connectivity index (χ2n) is 7.04. The van der Waals surface area contributed by atoms with Crippen molar-refractivity contribution in [1.82, 2.24) is 20.7 Å². The number of amides is 1. The average Bonchev–Trinajstić information content (AvgIpc) is 3.37. The molecule has 0 aliphatic carbocycles. The van der Waals surface area contributed by atoms with Crippen molar-refractivity contribution in [1.29, 1.82) is 0 Å². The van der Waals surface area contributed by atoms with Gasteiger partial charge in [0.15, 0.2) is 0 Å². The SMILES string of the molecule is CCn1c(C2CC(NC(=O)c3ccc(OC)cc3)NN2)cc2c(OC)cccc21. The van der Waals surface area contributed by atoms with Crippen LogP contribution in [-0.4, -0.2) is 30.9 Å². The van der Waals surface area contributed by atoms with Gasteiger partial charge in [0, 0.05) is 29.6 Å². The van der Waals surface area contributed by atoms with Crippen LogP contribution in [0.4, 0.5) is 0 Å². The van der Waals surface area contributed by atoms with Gasteiger partial charge in [0.2, 0.25) is 0 Å². The van der Waals surface area contributed by atoms with E-state index in [1.807, 2.05) is 12.1 Å². The fraction of sp³-hybridized carbons (Fsp3) is 0.318. The number of nitrogens with zero attached hydrogens (tertiary/aromatic N) is 1. The van der Waals surface area contributed by atoms with Crippen molar-refractivity contribution >= 4 is 16.8 Å². The van der Waals surface area contributed by atoms with Gasteiger partial charge in [-0.2, -0.15) is 0 Å². The Kier molecular flexibility index (Phi) is 5.42. The molecule has 1 aliphatic heterocycles. The van der Waals surface area contributed by atoms with Crippen LogP contribution in [0.25, 0.3) is 10.9 Å². The third-order valence-corrected chi connectivity index (χ3v) is 5.39. The molecule has 3 N–H and O–H groups in total. The lowest BCUT2D eigenvalue weighted by molar-refractivity contribution is 0.0932. The Morgan fingerprint density at radius 1 is 1.14 bits per heavy atom. The first-order valence-electron chi connectivity index (χ1n) is 9.76. The van der Waals surface area contributed by atoms with Crippen molar-refractivity contribution in [3.8, 4) is 11.5 Å². The van der Waals surface area contributed by atoms with Crippen LogP contribution in [0, 0.1) is 0 Å². The molecular formula is C22H26N4O3. The minimum atomic E-state index is -0.167. The molecule has 3 aromatic rings. The fourth-order valence-corrected chi connectivity index (χ4v) is 3.93. The highest BCUT2D eigenvalue weighted by Crippen LogP contribution is 2.33. The minimum Gasteiger partial charge on any atom is -0.497 e. The number of methoxy groups -OCH3 is 2. The Balaban J connectivity index is 1.50. The summed E-state index contributed by atoms with van der Waals surface area (Å²) >= 11 is 0. The molecule has 1 amide bonds. The molecular weight excluding hydrogens is 368 g/mol. The lowest BCUT2D eigenvalue weighted by atomic mass is 10.1.